The van der Waals surface area contributed by atoms with Crippen LogP contribution in [-0.2, 0) is 11.2 Å². The molecule has 1 amide bonds. The van der Waals surface area contributed by atoms with E-state index in [9.17, 15) is 4.79 Å². The number of amides is 1. The van der Waals surface area contributed by atoms with Crippen LogP contribution in [0.25, 0.3) is 0 Å². The van der Waals surface area contributed by atoms with Crippen molar-refractivity contribution in [2.24, 2.45) is 0 Å². The van der Waals surface area contributed by atoms with Gasteiger partial charge in [-0.3, -0.25) is 4.79 Å². The van der Waals surface area contributed by atoms with Crippen LogP contribution in [0.3, 0.4) is 0 Å². The van der Waals surface area contributed by atoms with E-state index in [1.165, 1.54) is 0 Å². The number of carbonyl (C=O) groups is 1. The molecule has 0 saturated carbocycles. The Morgan fingerprint density at radius 1 is 1.33 bits per heavy atom. The molecule has 0 saturated heterocycles. The van der Waals surface area contributed by atoms with Crippen molar-refractivity contribution >= 4 is 17.3 Å². The van der Waals surface area contributed by atoms with Crippen molar-refractivity contribution in [2.45, 2.75) is 25.8 Å². The lowest BCUT2D eigenvalue weighted by molar-refractivity contribution is -0.118. The molecule has 98 valence electrons. The molecule has 0 aliphatic carbocycles. The van der Waals surface area contributed by atoms with Crippen LogP contribution in [0.1, 0.15) is 19.4 Å². The molecule has 18 heavy (non-hydrogen) atoms. The Morgan fingerprint density at radius 2 is 2.06 bits per heavy atom. The number of nitrogens with one attached hydrogen (secondary N) is 2. The summed E-state index contributed by atoms with van der Waals surface area (Å²) in [6.07, 6.45) is 0.498. The van der Waals surface area contributed by atoms with Gasteiger partial charge in [-0.1, -0.05) is 0 Å². The SMILES string of the molecule is CNCC(C)(C)N1C(=O)Cc2cc(NC)ccc21. The van der Waals surface area contributed by atoms with E-state index in [0.29, 0.717) is 6.42 Å². The first-order chi connectivity index (χ1) is 8.49. The van der Waals surface area contributed by atoms with Gasteiger partial charge in [0.2, 0.25) is 5.91 Å². The molecule has 4 heteroatoms. The molecule has 0 atom stereocenters. The summed E-state index contributed by atoms with van der Waals surface area (Å²) in [5, 5.41) is 6.26. The summed E-state index contributed by atoms with van der Waals surface area (Å²) in [6, 6.07) is 6.10. The van der Waals surface area contributed by atoms with Crippen molar-refractivity contribution in [3.05, 3.63) is 23.8 Å². The normalized spacial score (nSPS) is 14.9. The zero-order valence-electron chi connectivity index (χ0n) is 11.5. The van der Waals surface area contributed by atoms with Crippen LogP contribution < -0.4 is 15.5 Å². The van der Waals surface area contributed by atoms with Crippen LogP contribution in [0.4, 0.5) is 11.4 Å². The third-order valence-electron chi connectivity index (χ3n) is 3.41. The highest BCUT2D eigenvalue weighted by molar-refractivity contribution is 6.03. The molecule has 0 fully saturated rings. The summed E-state index contributed by atoms with van der Waals surface area (Å²) in [4.78, 5) is 14.1. The number of fused-ring (bicyclic) bond motifs is 1. The number of carbonyl (C=O) groups excluding carboxylic acids is 1. The largest absolute Gasteiger partial charge is 0.388 e. The summed E-state index contributed by atoms with van der Waals surface area (Å²) >= 11 is 0. The smallest absolute Gasteiger partial charge is 0.232 e. The van der Waals surface area contributed by atoms with E-state index < -0.39 is 0 Å². The van der Waals surface area contributed by atoms with Gasteiger partial charge in [0, 0.05) is 25.0 Å². The maximum absolute atomic E-state index is 12.2. The first-order valence-electron chi connectivity index (χ1n) is 6.28. The van der Waals surface area contributed by atoms with Crippen LogP contribution in [-0.4, -0.2) is 32.1 Å². The molecule has 0 radical (unpaired) electrons. The zero-order valence-corrected chi connectivity index (χ0v) is 11.5. The minimum Gasteiger partial charge on any atom is -0.388 e. The predicted molar refractivity (Wildman–Crippen MR) is 75.2 cm³/mol. The standard InChI is InChI=1S/C14H21N3O/c1-14(2,9-15-3)17-12-6-5-11(16-4)7-10(12)8-13(17)18/h5-7,15-16H,8-9H2,1-4H3. The van der Waals surface area contributed by atoms with Gasteiger partial charge in [0.15, 0.2) is 0 Å². The third kappa shape index (κ3) is 2.08. The Balaban J connectivity index is 2.39. The van der Waals surface area contributed by atoms with Gasteiger partial charge in [-0.15, -0.1) is 0 Å². The van der Waals surface area contributed by atoms with Gasteiger partial charge in [0.1, 0.15) is 0 Å². The molecule has 1 heterocycles. The highest BCUT2D eigenvalue weighted by Gasteiger charge is 2.37. The number of likely N-dealkylation sites (N-methyl/N-ethyl adjacent to an activating group) is 1. The Morgan fingerprint density at radius 3 is 2.67 bits per heavy atom. The highest BCUT2D eigenvalue weighted by atomic mass is 16.2. The maximum Gasteiger partial charge on any atom is 0.232 e. The summed E-state index contributed by atoms with van der Waals surface area (Å²) in [5.74, 6) is 0.179. The summed E-state index contributed by atoms with van der Waals surface area (Å²) < 4.78 is 0. The zero-order chi connectivity index (χ0) is 13.3. The number of hydrogen-bond acceptors (Lipinski definition) is 3. The first-order valence-corrected chi connectivity index (χ1v) is 6.28. The fraction of sp³-hybridized carbons (Fsp3) is 0.500. The van der Waals surface area contributed by atoms with E-state index in [0.717, 1.165) is 23.5 Å². The molecule has 0 spiro atoms. The van der Waals surface area contributed by atoms with Crippen molar-refractivity contribution in [3.8, 4) is 0 Å². The van der Waals surface area contributed by atoms with Gasteiger partial charge >= 0.3 is 0 Å². The predicted octanol–water partition coefficient (Wildman–Crippen LogP) is 1.62. The molecule has 0 bridgehead atoms. The van der Waals surface area contributed by atoms with Crippen LogP contribution in [0.2, 0.25) is 0 Å². The number of hydrogen-bond donors (Lipinski definition) is 2. The lowest BCUT2D eigenvalue weighted by atomic mass is 10.0. The van der Waals surface area contributed by atoms with Crippen molar-refractivity contribution in [3.63, 3.8) is 0 Å². The topological polar surface area (TPSA) is 44.4 Å². The average molecular weight is 247 g/mol. The average Bonchev–Trinajstić information content (AvgIpc) is 2.64. The molecule has 2 rings (SSSR count). The van der Waals surface area contributed by atoms with Gasteiger partial charge in [0.05, 0.1) is 12.0 Å². The lowest BCUT2D eigenvalue weighted by Crippen LogP contribution is -2.51. The molecule has 0 unspecified atom stereocenters. The van der Waals surface area contributed by atoms with Crippen LogP contribution in [0, 0.1) is 0 Å². The maximum atomic E-state index is 12.2. The number of anilines is 2. The van der Waals surface area contributed by atoms with Gasteiger partial charge < -0.3 is 15.5 Å². The molecular weight excluding hydrogens is 226 g/mol. The van der Waals surface area contributed by atoms with Gasteiger partial charge in [-0.05, 0) is 44.7 Å². The van der Waals surface area contributed by atoms with E-state index in [-0.39, 0.29) is 11.4 Å². The van der Waals surface area contributed by atoms with E-state index >= 15 is 0 Å². The molecule has 1 aromatic carbocycles. The lowest BCUT2D eigenvalue weighted by Gasteiger charge is -2.36. The van der Waals surface area contributed by atoms with Gasteiger partial charge in [0.25, 0.3) is 0 Å². The second-order valence-corrected chi connectivity index (χ2v) is 5.34. The van der Waals surface area contributed by atoms with Crippen LogP contribution >= 0.6 is 0 Å². The second-order valence-electron chi connectivity index (χ2n) is 5.34. The molecule has 4 nitrogen and oxygen atoms in total. The Hall–Kier alpha value is -1.55. The first kappa shape index (κ1) is 12.9. The minimum atomic E-state index is -0.210. The molecule has 1 aliphatic rings. The van der Waals surface area contributed by atoms with Crippen LogP contribution in [0.5, 0.6) is 0 Å². The Bertz CT molecular complexity index is 468. The van der Waals surface area contributed by atoms with E-state index in [1.807, 2.05) is 31.1 Å². The Labute approximate surface area is 108 Å². The van der Waals surface area contributed by atoms with Crippen molar-refractivity contribution in [1.82, 2.24) is 5.32 Å². The minimum absolute atomic E-state index is 0.179. The highest BCUT2D eigenvalue weighted by Crippen LogP contribution is 2.35. The van der Waals surface area contributed by atoms with Gasteiger partial charge in [-0.25, -0.2) is 0 Å². The van der Waals surface area contributed by atoms with Crippen LogP contribution in [0.15, 0.2) is 18.2 Å². The van der Waals surface area contributed by atoms with E-state index in [1.54, 1.807) is 0 Å². The van der Waals surface area contributed by atoms with Gasteiger partial charge in [-0.2, -0.15) is 0 Å². The number of rotatable bonds is 4. The second kappa shape index (κ2) is 4.61. The van der Waals surface area contributed by atoms with Crippen molar-refractivity contribution in [2.75, 3.05) is 30.9 Å². The summed E-state index contributed by atoms with van der Waals surface area (Å²) in [7, 11) is 3.80. The summed E-state index contributed by atoms with van der Waals surface area (Å²) in [6.45, 7) is 4.94. The quantitative estimate of drug-likeness (QED) is 0.849. The fourth-order valence-electron chi connectivity index (χ4n) is 2.65. The number of benzene rings is 1. The van der Waals surface area contributed by atoms with E-state index in [4.69, 9.17) is 0 Å². The fourth-order valence-corrected chi connectivity index (χ4v) is 2.65. The van der Waals surface area contributed by atoms with Crippen molar-refractivity contribution < 1.29 is 4.79 Å². The third-order valence-corrected chi connectivity index (χ3v) is 3.41. The molecule has 2 N–H and O–H groups in total. The Kier molecular flexibility index (Phi) is 3.30. The monoisotopic (exact) mass is 247 g/mol. The number of nitrogens with zero attached hydrogens (tertiary/aromatic N) is 1. The molecular formula is C14H21N3O. The molecule has 0 aromatic heterocycles. The molecule has 1 aromatic rings. The summed E-state index contributed by atoms with van der Waals surface area (Å²) in [5.41, 5.74) is 2.99. The van der Waals surface area contributed by atoms with E-state index in [2.05, 4.69) is 30.5 Å². The van der Waals surface area contributed by atoms with Crippen molar-refractivity contribution in [1.29, 1.82) is 0 Å². The molecule has 1 aliphatic heterocycles.